The zero-order valence-electron chi connectivity index (χ0n) is 16.6. The third-order valence-electron chi connectivity index (χ3n) is 4.46. The number of ketones is 1. The standard InChI is InChI=1S/C23H21ClN2O4/c1-15-3-5-17(6-4-15)13-26-23(24)20(16(2)25-26)11-12-21(27)18-7-9-19(10-8-18)30-14-22(28)29/h3-12H,13-14H2,1-2H3,(H,28,29)/b12-11+. The van der Waals surface area contributed by atoms with Gasteiger partial charge in [-0.2, -0.15) is 5.10 Å². The van der Waals surface area contributed by atoms with E-state index in [1.807, 2.05) is 38.1 Å². The van der Waals surface area contributed by atoms with Gasteiger partial charge in [-0.05, 0) is 55.8 Å². The minimum absolute atomic E-state index is 0.207. The Balaban J connectivity index is 1.70. The zero-order chi connectivity index (χ0) is 21.7. The second-order valence-electron chi connectivity index (χ2n) is 6.84. The van der Waals surface area contributed by atoms with Gasteiger partial charge in [0.2, 0.25) is 0 Å². The number of carbonyl (C=O) groups is 2. The van der Waals surface area contributed by atoms with E-state index in [9.17, 15) is 9.59 Å². The van der Waals surface area contributed by atoms with Crippen LogP contribution in [-0.4, -0.2) is 33.2 Å². The molecule has 0 radical (unpaired) electrons. The molecular weight excluding hydrogens is 404 g/mol. The second kappa shape index (κ2) is 9.41. The van der Waals surface area contributed by atoms with Gasteiger partial charge < -0.3 is 9.84 Å². The SMILES string of the molecule is Cc1ccc(Cn2nc(C)c(/C=C/C(=O)c3ccc(OCC(=O)O)cc3)c2Cl)cc1. The van der Waals surface area contributed by atoms with Gasteiger partial charge in [0.05, 0.1) is 12.2 Å². The van der Waals surface area contributed by atoms with Crippen LogP contribution in [0.1, 0.15) is 32.7 Å². The highest BCUT2D eigenvalue weighted by molar-refractivity contribution is 6.31. The van der Waals surface area contributed by atoms with E-state index in [4.69, 9.17) is 21.4 Å². The predicted molar refractivity (Wildman–Crippen MR) is 115 cm³/mol. The number of hydrogen-bond acceptors (Lipinski definition) is 4. The molecule has 0 saturated carbocycles. The van der Waals surface area contributed by atoms with Crippen LogP contribution in [0.2, 0.25) is 5.15 Å². The molecule has 3 aromatic rings. The maximum absolute atomic E-state index is 12.5. The minimum Gasteiger partial charge on any atom is -0.482 e. The first-order valence-electron chi connectivity index (χ1n) is 9.29. The van der Waals surface area contributed by atoms with Crippen LogP contribution in [0, 0.1) is 13.8 Å². The maximum atomic E-state index is 12.5. The van der Waals surface area contributed by atoms with Crippen molar-refractivity contribution in [3.8, 4) is 5.75 Å². The first-order chi connectivity index (χ1) is 14.3. The largest absolute Gasteiger partial charge is 0.482 e. The molecule has 0 aliphatic rings. The van der Waals surface area contributed by atoms with Gasteiger partial charge in [-0.25, -0.2) is 9.48 Å². The summed E-state index contributed by atoms with van der Waals surface area (Å²) in [5.74, 6) is -0.885. The fourth-order valence-corrected chi connectivity index (χ4v) is 3.14. The summed E-state index contributed by atoms with van der Waals surface area (Å²) < 4.78 is 6.77. The number of aromatic nitrogens is 2. The van der Waals surface area contributed by atoms with Gasteiger partial charge in [0, 0.05) is 11.1 Å². The quantitative estimate of drug-likeness (QED) is 0.423. The molecule has 0 spiro atoms. The highest BCUT2D eigenvalue weighted by Gasteiger charge is 2.12. The first-order valence-corrected chi connectivity index (χ1v) is 9.67. The number of carboxylic acid groups (broad SMARTS) is 1. The number of halogens is 1. The maximum Gasteiger partial charge on any atom is 0.341 e. The molecule has 0 unspecified atom stereocenters. The smallest absolute Gasteiger partial charge is 0.341 e. The van der Waals surface area contributed by atoms with Gasteiger partial charge in [-0.1, -0.05) is 41.4 Å². The van der Waals surface area contributed by atoms with Gasteiger partial charge in [-0.15, -0.1) is 0 Å². The van der Waals surface area contributed by atoms with Gasteiger partial charge in [0.15, 0.2) is 12.4 Å². The van der Waals surface area contributed by atoms with E-state index >= 15 is 0 Å². The van der Waals surface area contributed by atoms with E-state index in [2.05, 4.69) is 5.10 Å². The molecule has 3 rings (SSSR count). The third kappa shape index (κ3) is 5.36. The number of carbonyl (C=O) groups excluding carboxylic acids is 1. The summed E-state index contributed by atoms with van der Waals surface area (Å²) in [4.78, 5) is 23.0. The van der Waals surface area contributed by atoms with Crippen LogP contribution in [0.4, 0.5) is 0 Å². The van der Waals surface area contributed by atoms with Gasteiger partial charge in [0.1, 0.15) is 10.9 Å². The van der Waals surface area contributed by atoms with Crippen LogP contribution in [0.5, 0.6) is 5.75 Å². The summed E-state index contributed by atoms with van der Waals surface area (Å²) in [7, 11) is 0. The lowest BCUT2D eigenvalue weighted by molar-refractivity contribution is -0.139. The molecule has 0 aliphatic carbocycles. The van der Waals surface area contributed by atoms with Crippen LogP contribution in [0.15, 0.2) is 54.6 Å². The Hall–Kier alpha value is -3.38. The number of hydrogen-bond donors (Lipinski definition) is 1. The van der Waals surface area contributed by atoms with Crippen molar-refractivity contribution in [2.45, 2.75) is 20.4 Å². The number of benzene rings is 2. The normalized spacial score (nSPS) is 11.0. The summed E-state index contributed by atoms with van der Waals surface area (Å²) in [6, 6.07) is 14.4. The van der Waals surface area contributed by atoms with Crippen molar-refractivity contribution in [3.05, 3.63) is 87.7 Å². The van der Waals surface area contributed by atoms with E-state index in [-0.39, 0.29) is 5.78 Å². The lowest BCUT2D eigenvalue weighted by Crippen LogP contribution is -2.09. The number of carboxylic acids is 1. The first kappa shape index (κ1) is 21.3. The van der Waals surface area contributed by atoms with Crippen molar-refractivity contribution in [1.29, 1.82) is 0 Å². The monoisotopic (exact) mass is 424 g/mol. The van der Waals surface area contributed by atoms with Crippen LogP contribution in [0.3, 0.4) is 0 Å². The van der Waals surface area contributed by atoms with Crippen molar-refractivity contribution in [1.82, 2.24) is 9.78 Å². The molecule has 0 amide bonds. The Morgan fingerprint density at radius 1 is 1.10 bits per heavy atom. The van der Waals surface area contributed by atoms with Crippen LogP contribution in [0.25, 0.3) is 6.08 Å². The lowest BCUT2D eigenvalue weighted by Gasteiger charge is -2.04. The molecule has 1 N–H and O–H groups in total. The second-order valence-corrected chi connectivity index (χ2v) is 7.20. The van der Waals surface area contributed by atoms with Crippen molar-refractivity contribution < 1.29 is 19.4 Å². The molecule has 0 bridgehead atoms. The Labute approximate surface area is 179 Å². The minimum atomic E-state index is -1.06. The van der Waals surface area contributed by atoms with Gasteiger partial charge in [-0.3, -0.25) is 4.79 Å². The molecule has 0 atom stereocenters. The van der Waals surface area contributed by atoms with Crippen LogP contribution in [-0.2, 0) is 11.3 Å². The average molecular weight is 425 g/mol. The Morgan fingerprint density at radius 3 is 2.40 bits per heavy atom. The lowest BCUT2D eigenvalue weighted by atomic mass is 10.1. The summed E-state index contributed by atoms with van der Waals surface area (Å²) in [5.41, 5.74) is 4.15. The molecule has 1 aromatic heterocycles. The molecule has 0 aliphatic heterocycles. The number of aliphatic carboxylic acids is 1. The molecule has 7 heteroatoms. The molecule has 0 saturated heterocycles. The zero-order valence-corrected chi connectivity index (χ0v) is 17.4. The Kier molecular flexibility index (Phi) is 6.69. The van der Waals surface area contributed by atoms with Crippen molar-refractivity contribution in [3.63, 3.8) is 0 Å². The Bertz CT molecular complexity index is 1080. The highest BCUT2D eigenvalue weighted by Crippen LogP contribution is 2.23. The third-order valence-corrected chi connectivity index (χ3v) is 4.86. The van der Waals surface area contributed by atoms with Gasteiger partial charge >= 0.3 is 5.97 Å². The number of nitrogens with zero attached hydrogens (tertiary/aromatic N) is 2. The van der Waals surface area contributed by atoms with Crippen molar-refractivity contribution in [2.24, 2.45) is 0 Å². The number of aryl methyl sites for hydroxylation is 2. The predicted octanol–water partition coefficient (Wildman–Crippen LogP) is 4.56. The van der Waals surface area contributed by atoms with Crippen LogP contribution < -0.4 is 4.74 Å². The molecular formula is C23H21ClN2O4. The summed E-state index contributed by atoms with van der Waals surface area (Å²) >= 11 is 6.49. The van der Waals surface area contributed by atoms with E-state index in [0.717, 1.165) is 11.3 Å². The summed E-state index contributed by atoms with van der Waals surface area (Å²) in [6.07, 6.45) is 3.10. The number of rotatable bonds is 8. The molecule has 30 heavy (non-hydrogen) atoms. The Morgan fingerprint density at radius 2 is 1.77 bits per heavy atom. The summed E-state index contributed by atoms with van der Waals surface area (Å²) in [5, 5.41) is 13.6. The van der Waals surface area contributed by atoms with E-state index < -0.39 is 12.6 Å². The highest BCUT2D eigenvalue weighted by atomic mass is 35.5. The molecule has 154 valence electrons. The van der Waals surface area contributed by atoms with Crippen LogP contribution >= 0.6 is 11.6 Å². The van der Waals surface area contributed by atoms with E-state index in [0.29, 0.717) is 28.6 Å². The molecule has 6 nitrogen and oxygen atoms in total. The van der Waals surface area contributed by atoms with Crippen molar-refractivity contribution in [2.75, 3.05) is 6.61 Å². The fraction of sp³-hybridized carbons (Fsp3) is 0.174. The molecule has 1 heterocycles. The van der Waals surface area contributed by atoms with E-state index in [1.165, 1.54) is 11.6 Å². The van der Waals surface area contributed by atoms with Crippen molar-refractivity contribution >= 4 is 29.4 Å². The molecule has 0 fully saturated rings. The van der Waals surface area contributed by atoms with Gasteiger partial charge in [0.25, 0.3) is 0 Å². The number of allylic oxidation sites excluding steroid dienone is 1. The van der Waals surface area contributed by atoms with E-state index in [1.54, 1.807) is 35.0 Å². The topological polar surface area (TPSA) is 81.4 Å². The fourth-order valence-electron chi connectivity index (χ4n) is 2.84. The molecule has 2 aromatic carbocycles. The number of ether oxygens (including phenoxy) is 1. The average Bonchev–Trinajstić information content (AvgIpc) is 2.99. The summed E-state index contributed by atoms with van der Waals surface area (Å²) in [6.45, 7) is 3.98.